The fourth-order valence-corrected chi connectivity index (χ4v) is 3.69. The number of pyridine rings is 1. The van der Waals surface area contributed by atoms with Gasteiger partial charge in [-0.05, 0) is 47.7 Å². The predicted molar refractivity (Wildman–Crippen MR) is 103 cm³/mol. The Labute approximate surface area is 160 Å². The van der Waals surface area contributed by atoms with E-state index in [2.05, 4.69) is 11.1 Å². The normalized spacial score (nSPS) is 10.6. The molecule has 0 N–H and O–H groups in total. The fourth-order valence-electron chi connectivity index (χ4n) is 2.50. The van der Waals surface area contributed by atoms with Crippen LogP contribution >= 0.6 is 34.5 Å². The summed E-state index contributed by atoms with van der Waals surface area (Å²) in [5, 5.41) is 2.92. The summed E-state index contributed by atoms with van der Waals surface area (Å²) in [6.45, 7) is 1.09. The van der Waals surface area contributed by atoms with E-state index in [0.29, 0.717) is 28.7 Å². The van der Waals surface area contributed by atoms with E-state index in [4.69, 9.17) is 23.2 Å². The van der Waals surface area contributed by atoms with Crippen molar-refractivity contribution in [1.29, 1.82) is 0 Å². The van der Waals surface area contributed by atoms with Crippen LogP contribution in [0.15, 0.2) is 60.2 Å². The average Bonchev–Trinajstić information content (AvgIpc) is 3.12. The highest BCUT2D eigenvalue weighted by Crippen LogP contribution is 2.23. The zero-order valence-corrected chi connectivity index (χ0v) is 15.7. The summed E-state index contributed by atoms with van der Waals surface area (Å²) in [7, 11) is 0. The highest BCUT2D eigenvalue weighted by Gasteiger charge is 2.19. The third kappa shape index (κ3) is 4.82. The van der Waals surface area contributed by atoms with E-state index in [-0.39, 0.29) is 5.91 Å². The maximum Gasteiger partial charge on any atom is 0.255 e. The van der Waals surface area contributed by atoms with E-state index in [1.165, 1.54) is 4.88 Å². The number of hydrogen-bond acceptors (Lipinski definition) is 3. The van der Waals surface area contributed by atoms with E-state index in [9.17, 15) is 4.79 Å². The van der Waals surface area contributed by atoms with E-state index in [1.54, 1.807) is 46.8 Å². The largest absolute Gasteiger partial charge is 0.334 e. The molecule has 0 radical (unpaired) electrons. The first-order valence-corrected chi connectivity index (χ1v) is 9.42. The summed E-state index contributed by atoms with van der Waals surface area (Å²) in [6, 6.07) is 12.9. The second-order valence-electron chi connectivity index (χ2n) is 5.54. The van der Waals surface area contributed by atoms with Gasteiger partial charge >= 0.3 is 0 Å². The van der Waals surface area contributed by atoms with E-state index in [1.807, 2.05) is 23.6 Å². The minimum absolute atomic E-state index is 0.109. The van der Waals surface area contributed by atoms with Gasteiger partial charge in [0.2, 0.25) is 0 Å². The lowest BCUT2D eigenvalue weighted by atomic mass is 10.1. The van der Waals surface area contributed by atoms with Gasteiger partial charge in [-0.15, -0.1) is 11.3 Å². The van der Waals surface area contributed by atoms with Gasteiger partial charge in [0.05, 0.1) is 10.6 Å². The number of amides is 1. The third-order valence-electron chi connectivity index (χ3n) is 3.75. The molecule has 0 aliphatic rings. The molecule has 1 amide bonds. The van der Waals surface area contributed by atoms with Crippen molar-refractivity contribution in [2.24, 2.45) is 0 Å². The van der Waals surface area contributed by atoms with Gasteiger partial charge in [0, 0.05) is 35.4 Å². The van der Waals surface area contributed by atoms with Crippen molar-refractivity contribution in [3.8, 4) is 0 Å². The van der Waals surface area contributed by atoms with Crippen LogP contribution < -0.4 is 0 Å². The van der Waals surface area contributed by atoms with Crippen molar-refractivity contribution in [3.63, 3.8) is 0 Å². The number of nitrogens with zero attached hydrogens (tertiary/aromatic N) is 2. The van der Waals surface area contributed by atoms with Crippen molar-refractivity contribution in [2.45, 2.75) is 13.0 Å². The molecule has 3 nitrogen and oxygen atoms in total. The molecule has 0 bridgehead atoms. The number of aromatic nitrogens is 1. The summed E-state index contributed by atoms with van der Waals surface area (Å²) in [5.41, 5.74) is 1.44. The molecule has 3 aromatic rings. The number of thiophene rings is 1. The van der Waals surface area contributed by atoms with Crippen molar-refractivity contribution in [3.05, 3.63) is 86.3 Å². The molecule has 0 fully saturated rings. The predicted octanol–water partition coefficient (Wildman–Crippen LogP) is 5.34. The van der Waals surface area contributed by atoms with Crippen LogP contribution in [0.3, 0.4) is 0 Å². The van der Waals surface area contributed by atoms with E-state index < -0.39 is 0 Å². The molecule has 0 atom stereocenters. The molecule has 0 saturated heterocycles. The lowest BCUT2D eigenvalue weighted by molar-refractivity contribution is 0.0745. The van der Waals surface area contributed by atoms with Gasteiger partial charge in [-0.2, -0.15) is 0 Å². The summed E-state index contributed by atoms with van der Waals surface area (Å²) in [5.74, 6) is -0.109. The number of benzene rings is 1. The lowest BCUT2D eigenvalue weighted by Gasteiger charge is -2.23. The first-order chi connectivity index (χ1) is 12.1. The van der Waals surface area contributed by atoms with Crippen molar-refractivity contribution in [1.82, 2.24) is 9.88 Å². The van der Waals surface area contributed by atoms with Gasteiger partial charge in [-0.1, -0.05) is 35.3 Å². The second-order valence-corrected chi connectivity index (χ2v) is 7.42. The molecule has 2 heterocycles. The molecule has 0 unspecified atom stereocenters. The Morgan fingerprint density at radius 3 is 2.72 bits per heavy atom. The molecule has 25 heavy (non-hydrogen) atoms. The number of rotatable bonds is 6. The summed E-state index contributed by atoms with van der Waals surface area (Å²) >= 11 is 13.9. The third-order valence-corrected chi connectivity index (χ3v) is 5.24. The summed E-state index contributed by atoms with van der Waals surface area (Å²) in [6.07, 6.45) is 4.29. The fraction of sp³-hybridized carbons (Fsp3) is 0.158. The van der Waals surface area contributed by atoms with Gasteiger partial charge in [-0.3, -0.25) is 9.78 Å². The molecule has 0 saturated carbocycles. The Morgan fingerprint density at radius 1 is 1.16 bits per heavy atom. The molecular formula is C19H16Cl2N2OS. The second kappa shape index (κ2) is 8.48. The standard InChI is InChI=1S/C19H16Cl2N2OS/c20-15-5-6-17(18(21)11-15)19(24)23(9-7-16-4-2-10-25-16)13-14-3-1-8-22-12-14/h1-6,8,10-12H,7,9,13H2. The molecule has 1 aromatic carbocycles. The monoisotopic (exact) mass is 390 g/mol. The molecule has 2 aromatic heterocycles. The van der Waals surface area contributed by atoms with Crippen molar-refractivity contribution in [2.75, 3.05) is 6.54 Å². The summed E-state index contributed by atoms with van der Waals surface area (Å²) in [4.78, 5) is 20.2. The molecule has 3 rings (SSSR count). The first kappa shape index (κ1) is 17.9. The maximum atomic E-state index is 13.0. The highest BCUT2D eigenvalue weighted by atomic mass is 35.5. The SMILES string of the molecule is O=C(c1ccc(Cl)cc1Cl)N(CCc1cccs1)Cc1cccnc1. The number of hydrogen-bond donors (Lipinski definition) is 0. The molecule has 0 aliphatic carbocycles. The van der Waals surface area contributed by atoms with Gasteiger partial charge in [0.15, 0.2) is 0 Å². The van der Waals surface area contributed by atoms with Crippen LogP contribution in [-0.2, 0) is 13.0 Å². The number of carbonyl (C=O) groups is 1. The highest BCUT2D eigenvalue weighted by molar-refractivity contribution is 7.09. The topological polar surface area (TPSA) is 33.2 Å². The minimum Gasteiger partial charge on any atom is -0.334 e. The van der Waals surface area contributed by atoms with E-state index >= 15 is 0 Å². The zero-order chi connectivity index (χ0) is 17.6. The van der Waals surface area contributed by atoms with Crippen LogP contribution in [0.5, 0.6) is 0 Å². The summed E-state index contributed by atoms with van der Waals surface area (Å²) < 4.78 is 0. The van der Waals surface area contributed by atoms with Crippen LogP contribution in [0.4, 0.5) is 0 Å². The van der Waals surface area contributed by atoms with Crippen LogP contribution in [0.25, 0.3) is 0 Å². The molecular weight excluding hydrogens is 375 g/mol. The zero-order valence-electron chi connectivity index (χ0n) is 13.4. The average molecular weight is 391 g/mol. The first-order valence-electron chi connectivity index (χ1n) is 7.79. The molecule has 0 spiro atoms. The minimum atomic E-state index is -0.109. The Kier molecular flexibility index (Phi) is 6.08. The van der Waals surface area contributed by atoms with Crippen molar-refractivity contribution < 1.29 is 4.79 Å². The lowest BCUT2D eigenvalue weighted by Crippen LogP contribution is -2.32. The Balaban J connectivity index is 1.82. The van der Waals surface area contributed by atoms with Gasteiger partial charge < -0.3 is 4.90 Å². The van der Waals surface area contributed by atoms with Crippen molar-refractivity contribution >= 4 is 40.4 Å². The maximum absolute atomic E-state index is 13.0. The number of halogens is 2. The van der Waals surface area contributed by atoms with Gasteiger partial charge in [0.1, 0.15) is 0 Å². The quantitative estimate of drug-likeness (QED) is 0.569. The Morgan fingerprint density at radius 2 is 2.04 bits per heavy atom. The van der Waals surface area contributed by atoms with E-state index in [0.717, 1.165) is 12.0 Å². The van der Waals surface area contributed by atoms with Gasteiger partial charge in [0.25, 0.3) is 5.91 Å². The molecule has 6 heteroatoms. The Bertz CT molecular complexity index is 838. The van der Waals surface area contributed by atoms with Crippen LogP contribution in [0.2, 0.25) is 10.0 Å². The number of carbonyl (C=O) groups excluding carboxylic acids is 1. The molecule has 128 valence electrons. The Hall–Kier alpha value is -1.88. The van der Waals surface area contributed by atoms with Crippen LogP contribution in [-0.4, -0.2) is 22.3 Å². The smallest absolute Gasteiger partial charge is 0.255 e. The van der Waals surface area contributed by atoms with Crippen LogP contribution in [0, 0.1) is 0 Å². The van der Waals surface area contributed by atoms with Crippen LogP contribution in [0.1, 0.15) is 20.8 Å². The molecule has 0 aliphatic heterocycles. The van der Waals surface area contributed by atoms with Gasteiger partial charge in [-0.25, -0.2) is 0 Å².